The number of thiophene rings is 1. The molecule has 3 rings (SSSR count). The number of fused-ring (bicyclic) bond motifs is 1. The Balaban J connectivity index is 2.09. The average Bonchev–Trinajstić information content (AvgIpc) is 3.04. The van der Waals surface area contributed by atoms with E-state index < -0.39 is 0 Å². The van der Waals surface area contributed by atoms with Gasteiger partial charge in [0.2, 0.25) is 5.91 Å². The van der Waals surface area contributed by atoms with Crippen LogP contribution in [0.25, 0.3) is 10.2 Å². The maximum atomic E-state index is 12.4. The van der Waals surface area contributed by atoms with Crippen molar-refractivity contribution in [3.05, 3.63) is 16.8 Å². The summed E-state index contributed by atoms with van der Waals surface area (Å²) in [5.41, 5.74) is 1.23. The third kappa shape index (κ3) is 2.27. The quantitative estimate of drug-likeness (QED) is 0.854. The second-order valence-electron chi connectivity index (χ2n) is 5.74. The van der Waals surface area contributed by atoms with Gasteiger partial charge in [-0.05, 0) is 32.3 Å². The van der Waals surface area contributed by atoms with Crippen LogP contribution in [0, 0.1) is 13.8 Å². The molecule has 1 amide bonds. The summed E-state index contributed by atoms with van der Waals surface area (Å²) in [6.07, 6.45) is 3.53. The molecule has 1 fully saturated rings. The van der Waals surface area contributed by atoms with Gasteiger partial charge < -0.3 is 9.80 Å². The minimum absolute atomic E-state index is 0.0993. The van der Waals surface area contributed by atoms with Gasteiger partial charge in [0.15, 0.2) is 0 Å². The summed E-state index contributed by atoms with van der Waals surface area (Å²) >= 11 is 1.69. The van der Waals surface area contributed by atoms with E-state index in [9.17, 15) is 4.79 Å². The van der Waals surface area contributed by atoms with Gasteiger partial charge in [-0.1, -0.05) is 0 Å². The van der Waals surface area contributed by atoms with Crippen LogP contribution in [-0.2, 0) is 4.79 Å². The number of anilines is 1. The zero-order chi connectivity index (χ0) is 15.1. The molecule has 2 aromatic heterocycles. The topological polar surface area (TPSA) is 49.3 Å². The summed E-state index contributed by atoms with van der Waals surface area (Å²) < 4.78 is 0. The van der Waals surface area contributed by atoms with Gasteiger partial charge in [0.25, 0.3) is 0 Å². The van der Waals surface area contributed by atoms with Crippen molar-refractivity contribution in [2.24, 2.45) is 0 Å². The van der Waals surface area contributed by atoms with Crippen molar-refractivity contribution in [1.82, 2.24) is 14.9 Å². The average molecular weight is 304 g/mol. The molecule has 0 radical (unpaired) electrons. The number of hydrogen-bond acceptors (Lipinski definition) is 5. The Morgan fingerprint density at radius 3 is 2.86 bits per heavy atom. The van der Waals surface area contributed by atoms with Gasteiger partial charge in [-0.25, -0.2) is 9.97 Å². The third-order valence-corrected chi connectivity index (χ3v) is 5.31. The van der Waals surface area contributed by atoms with Gasteiger partial charge in [0.05, 0.1) is 5.39 Å². The summed E-state index contributed by atoms with van der Waals surface area (Å²) in [7, 11) is 3.63. The lowest BCUT2D eigenvalue weighted by Crippen LogP contribution is -2.43. The normalized spacial score (nSPS) is 18.5. The molecule has 1 unspecified atom stereocenters. The Labute approximate surface area is 128 Å². The smallest absolute Gasteiger partial charge is 0.244 e. The van der Waals surface area contributed by atoms with Gasteiger partial charge in [-0.2, -0.15) is 0 Å². The number of likely N-dealkylation sites (N-methyl/N-ethyl adjacent to an activating group) is 1. The van der Waals surface area contributed by atoms with Gasteiger partial charge >= 0.3 is 0 Å². The van der Waals surface area contributed by atoms with Crippen LogP contribution < -0.4 is 4.90 Å². The SMILES string of the molecule is Cc1sc2ncnc(N3CCCC3C(=O)N(C)C)c2c1C. The molecule has 1 saturated heterocycles. The molecule has 112 valence electrons. The van der Waals surface area contributed by atoms with Gasteiger partial charge in [-0.15, -0.1) is 11.3 Å². The third-order valence-electron chi connectivity index (χ3n) is 4.20. The number of aromatic nitrogens is 2. The number of nitrogens with zero attached hydrogens (tertiary/aromatic N) is 4. The first-order valence-corrected chi connectivity index (χ1v) is 8.01. The van der Waals surface area contributed by atoms with Crippen molar-refractivity contribution in [3.63, 3.8) is 0 Å². The van der Waals surface area contributed by atoms with Crippen LogP contribution in [0.2, 0.25) is 0 Å². The highest BCUT2D eigenvalue weighted by atomic mass is 32.1. The molecule has 1 aliphatic heterocycles. The zero-order valence-corrected chi connectivity index (χ0v) is 13.7. The highest BCUT2D eigenvalue weighted by Gasteiger charge is 2.34. The predicted molar refractivity (Wildman–Crippen MR) is 86.0 cm³/mol. The summed E-state index contributed by atoms with van der Waals surface area (Å²) in [6.45, 7) is 5.10. The maximum absolute atomic E-state index is 12.4. The van der Waals surface area contributed by atoms with Crippen molar-refractivity contribution in [1.29, 1.82) is 0 Å². The predicted octanol–water partition coefficient (Wildman–Crippen LogP) is 2.37. The Morgan fingerprint density at radius 1 is 1.38 bits per heavy atom. The standard InChI is InChI=1S/C15H20N4OS/c1-9-10(2)21-14-12(9)13(16-8-17-14)19-7-5-6-11(19)15(20)18(3)4/h8,11H,5-7H2,1-4H3. The van der Waals surface area contributed by atoms with E-state index in [1.807, 2.05) is 14.1 Å². The fraction of sp³-hybridized carbons (Fsp3) is 0.533. The monoisotopic (exact) mass is 304 g/mol. The Kier molecular flexibility index (Phi) is 3.57. The highest BCUT2D eigenvalue weighted by Crippen LogP contribution is 2.36. The molecule has 2 aromatic rings. The second kappa shape index (κ2) is 5.26. The van der Waals surface area contributed by atoms with Crippen LogP contribution in [0.3, 0.4) is 0 Å². The largest absolute Gasteiger partial charge is 0.347 e. The summed E-state index contributed by atoms with van der Waals surface area (Å²) in [5.74, 6) is 1.07. The molecule has 1 atom stereocenters. The summed E-state index contributed by atoms with van der Waals surface area (Å²) in [4.78, 5) is 27.4. The number of carbonyl (C=O) groups is 1. The lowest BCUT2D eigenvalue weighted by Gasteiger charge is -2.27. The number of amides is 1. The van der Waals surface area contributed by atoms with Crippen LogP contribution in [0.15, 0.2) is 6.33 Å². The van der Waals surface area contributed by atoms with Crippen LogP contribution in [-0.4, -0.2) is 47.5 Å². The molecule has 0 bridgehead atoms. The lowest BCUT2D eigenvalue weighted by atomic mass is 10.1. The Bertz CT molecular complexity index is 694. The first-order valence-electron chi connectivity index (χ1n) is 7.19. The van der Waals surface area contributed by atoms with Crippen LogP contribution in [0.1, 0.15) is 23.3 Å². The van der Waals surface area contributed by atoms with Crippen molar-refractivity contribution in [2.45, 2.75) is 32.7 Å². The first-order chi connectivity index (χ1) is 10.0. The van der Waals surface area contributed by atoms with Gasteiger partial charge in [0.1, 0.15) is 23.0 Å². The van der Waals surface area contributed by atoms with E-state index in [0.717, 1.165) is 35.4 Å². The van der Waals surface area contributed by atoms with E-state index in [-0.39, 0.29) is 11.9 Å². The molecule has 6 heteroatoms. The van der Waals surface area contributed by atoms with E-state index in [0.29, 0.717) is 0 Å². The molecule has 0 saturated carbocycles. The second-order valence-corrected chi connectivity index (χ2v) is 6.95. The first kappa shape index (κ1) is 14.3. The van der Waals surface area contributed by atoms with E-state index in [1.54, 1.807) is 22.6 Å². The molecule has 0 N–H and O–H groups in total. The molecule has 0 spiro atoms. The molecule has 0 aromatic carbocycles. The fourth-order valence-corrected chi connectivity index (χ4v) is 3.95. The number of carbonyl (C=O) groups excluding carboxylic acids is 1. The molecule has 5 nitrogen and oxygen atoms in total. The molecule has 1 aliphatic rings. The number of rotatable bonds is 2. The van der Waals surface area contributed by atoms with E-state index in [1.165, 1.54) is 10.4 Å². The molecular formula is C15H20N4OS. The van der Waals surface area contributed by atoms with Crippen molar-refractivity contribution in [3.8, 4) is 0 Å². The maximum Gasteiger partial charge on any atom is 0.244 e. The Hall–Kier alpha value is -1.69. The molecule has 21 heavy (non-hydrogen) atoms. The van der Waals surface area contributed by atoms with Crippen molar-refractivity contribution >= 4 is 33.3 Å². The molecule has 0 aliphatic carbocycles. The van der Waals surface area contributed by atoms with E-state index in [4.69, 9.17) is 0 Å². The van der Waals surface area contributed by atoms with Gasteiger partial charge in [-0.3, -0.25) is 4.79 Å². The van der Waals surface area contributed by atoms with Crippen molar-refractivity contribution < 1.29 is 4.79 Å². The van der Waals surface area contributed by atoms with Crippen LogP contribution >= 0.6 is 11.3 Å². The molecule has 3 heterocycles. The fourth-order valence-electron chi connectivity index (χ4n) is 2.96. The lowest BCUT2D eigenvalue weighted by molar-refractivity contribution is -0.129. The minimum Gasteiger partial charge on any atom is -0.347 e. The van der Waals surface area contributed by atoms with Gasteiger partial charge in [0, 0.05) is 25.5 Å². The van der Waals surface area contributed by atoms with Crippen LogP contribution in [0.4, 0.5) is 5.82 Å². The Morgan fingerprint density at radius 2 is 2.14 bits per heavy atom. The highest BCUT2D eigenvalue weighted by molar-refractivity contribution is 7.18. The minimum atomic E-state index is -0.0993. The molecular weight excluding hydrogens is 284 g/mol. The van der Waals surface area contributed by atoms with Crippen molar-refractivity contribution in [2.75, 3.05) is 25.5 Å². The number of hydrogen-bond donors (Lipinski definition) is 0. The summed E-state index contributed by atoms with van der Waals surface area (Å²) in [5, 5.41) is 1.11. The van der Waals surface area contributed by atoms with E-state index in [2.05, 4.69) is 28.7 Å². The van der Waals surface area contributed by atoms with E-state index >= 15 is 0 Å². The zero-order valence-electron chi connectivity index (χ0n) is 12.9. The number of aryl methyl sites for hydroxylation is 2. The summed E-state index contributed by atoms with van der Waals surface area (Å²) in [6, 6.07) is -0.0993. The van der Waals surface area contributed by atoms with Crippen LogP contribution in [0.5, 0.6) is 0 Å².